The number of carbonyl (C=O) groups excluding carboxylic acids is 1. The number of pyridine rings is 1. The third kappa shape index (κ3) is 2.51. The SMILES string of the molecule is O=CC1=C2C(CCCN2Cc2ccc(Cl)nc2)OC1. The maximum absolute atomic E-state index is 11.1. The summed E-state index contributed by atoms with van der Waals surface area (Å²) in [4.78, 5) is 17.4. The fourth-order valence-corrected chi connectivity index (χ4v) is 2.86. The van der Waals surface area contributed by atoms with E-state index in [2.05, 4.69) is 9.88 Å². The molecule has 0 aromatic carbocycles. The standard InChI is InChI=1S/C14H15ClN2O2/c15-13-4-3-10(6-16-13)7-17-5-1-2-12-14(17)11(8-18)9-19-12/h3-4,6,8,12H,1-2,5,7,9H2. The van der Waals surface area contributed by atoms with Crippen LogP contribution in [0.3, 0.4) is 0 Å². The Morgan fingerprint density at radius 2 is 2.42 bits per heavy atom. The highest BCUT2D eigenvalue weighted by Crippen LogP contribution is 2.32. The maximum atomic E-state index is 11.1. The molecule has 0 saturated carbocycles. The zero-order valence-electron chi connectivity index (χ0n) is 10.5. The molecule has 3 heterocycles. The van der Waals surface area contributed by atoms with Crippen LogP contribution in [0.1, 0.15) is 18.4 Å². The minimum Gasteiger partial charge on any atom is -0.368 e. The largest absolute Gasteiger partial charge is 0.368 e. The van der Waals surface area contributed by atoms with Crippen LogP contribution >= 0.6 is 11.6 Å². The molecule has 2 aliphatic rings. The van der Waals surface area contributed by atoms with Gasteiger partial charge in [0.2, 0.25) is 0 Å². The lowest BCUT2D eigenvalue weighted by Crippen LogP contribution is -2.35. The quantitative estimate of drug-likeness (QED) is 0.628. The highest BCUT2D eigenvalue weighted by Gasteiger charge is 2.33. The van der Waals surface area contributed by atoms with Crippen molar-refractivity contribution in [2.24, 2.45) is 0 Å². The van der Waals surface area contributed by atoms with Gasteiger partial charge in [0.05, 0.1) is 18.4 Å². The minimum absolute atomic E-state index is 0.0919. The Balaban J connectivity index is 1.83. The Labute approximate surface area is 117 Å². The van der Waals surface area contributed by atoms with E-state index in [1.807, 2.05) is 6.07 Å². The highest BCUT2D eigenvalue weighted by atomic mass is 35.5. The van der Waals surface area contributed by atoms with Crippen LogP contribution in [-0.2, 0) is 16.1 Å². The molecule has 19 heavy (non-hydrogen) atoms. The van der Waals surface area contributed by atoms with E-state index >= 15 is 0 Å². The fraction of sp³-hybridized carbons (Fsp3) is 0.429. The monoisotopic (exact) mass is 278 g/mol. The van der Waals surface area contributed by atoms with Crippen molar-refractivity contribution >= 4 is 17.9 Å². The first kappa shape index (κ1) is 12.6. The first-order chi connectivity index (χ1) is 9.28. The minimum atomic E-state index is 0.0919. The summed E-state index contributed by atoms with van der Waals surface area (Å²) in [6.07, 6.45) is 4.88. The van der Waals surface area contributed by atoms with Gasteiger partial charge in [-0.25, -0.2) is 4.98 Å². The van der Waals surface area contributed by atoms with Crippen LogP contribution in [0.4, 0.5) is 0 Å². The number of ether oxygens (including phenoxy) is 1. The van der Waals surface area contributed by atoms with E-state index < -0.39 is 0 Å². The molecule has 0 spiro atoms. The number of hydrogen-bond acceptors (Lipinski definition) is 4. The summed E-state index contributed by atoms with van der Waals surface area (Å²) < 4.78 is 5.66. The summed E-state index contributed by atoms with van der Waals surface area (Å²) in [5, 5.41) is 0.497. The number of likely N-dealkylation sites (tertiary alicyclic amines) is 1. The van der Waals surface area contributed by atoms with Gasteiger partial charge in [-0.1, -0.05) is 17.7 Å². The van der Waals surface area contributed by atoms with Crippen LogP contribution in [0.2, 0.25) is 5.15 Å². The van der Waals surface area contributed by atoms with Crippen molar-refractivity contribution in [2.75, 3.05) is 13.2 Å². The second-order valence-corrected chi connectivity index (χ2v) is 5.27. The molecule has 0 amide bonds. The molecule has 4 nitrogen and oxygen atoms in total. The Hall–Kier alpha value is -1.39. The van der Waals surface area contributed by atoms with Crippen molar-refractivity contribution in [3.63, 3.8) is 0 Å². The molecule has 0 aliphatic carbocycles. The Morgan fingerprint density at radius 1 is 1.53 bits per heavy atom. The number of aldehydes is 1. The number of carbonyl (C=O) groups is 1. The highest BCUT2D eigenvalue weighted by molar-refractivity contribution is 6.29. The van der Waals surface area contributed by atoms with Crippen LogP contribution in [0, 0.1) is 0 Å². The van der Waals surface area contributed by atoms with E-state index in [1.54, 1.807) is 12.3 Å². The molecular formula is C14H15ClN2O2. The van der Waals surface area contributed by atoms with Gasteiger partial charge in [-0.3, -0.25) is 4.79 Å². The summed E-state index contributed by atoms with van der Waals surface area (Å²) in [7, 11) is 0. The predicted octanol–water partition coefficient (Wildman–Crippen LogP) is 2.18. The summed E-state index contributed by atoms with van der Waals surface area (Å²) in [5.41, 5.74) is 2.94. The molecule has 1 aromatic heterocycles. The predicted molar refractivity (Wildman–Crippen MR) is 71.7 cm³/mol. The molecule has 5 heteroatoms. The average Bonchev–Trinajstić information content (AvgIpc) is 2.85. The van der Waals surface area contributed by atoms with Crippen LogP contribution in [0.5, 0.6) is 0 Å². The lowest BCUT2D eigenvalue weighted by atomic mass is 10.0. The number of halogens is 1. The molecule has 1 saturated heterocycles. The molecule has 0 radical (unpaired) electrons. The van der Waals surface area contributed by atoms with E-state index in [9.17, 15) is 4.79 Å². The lowest BCUT2D eigenvalue weighted by Gasteiger charge is -2.34. The van der Waals surface area contributed by atoms with Crippen LogP contribution in [0.15, 0.2) is 29.6 Å². The van der Waals surface area contributed by atoms with E-state index in [4.69, 9.17) is 16.3 Å². The van der Waals surface area contributed by atoms with Gasteiger partial charge < -0.3 is 9.64 Å². The van der Waals surface area contributed by atoms with Gasteiger partial charge in [0.15, 0.2) is 0 Å². The van der Waals surface area contributed by atoms with Gasteiger partial charge in [-0.05, 0) is 24.5 Å². The number of piperidine rings is 1. The molecule has 1 unspecified atom stereocenters. The number of rotatable bonds is 3. The van der Waals surface area contributed by atoms with Crippen molar-refractivity contribution in [1.29, 1.82) is 0 Å². The summed E-state index contributed by atoms with van der Waals surface area (Å²) >= 11 is 5.79. The normalized spacial score (nSPS) is 22.6. The molecule has 3 rings (SSSR count). The van der Waals surface area contributed by atoms with Crippen molar-refractivity contribution in [3.05, 3.63) is 40.3 Å². The number of hydrogen-bond donors (Lipinski definition) is 0. The Bertz CT molecular complexity index is 513. The third-order valence-electron chi connectivity index (χ3n) is 3.61. The first-order valence-electron chi connectivity index (χ1n) is 6.43. The van der Waals surface area contributed by atoms with Gasteiger partial charge in [0, 0.05) is 24.9 Å². The van der Waals surface area contributed by atoms with E-state index in [-0.39, 0.29) is 6.10 Å². The molecule has 1 fully saturated rings. The average molecular weight is 279 g/mol. The van der Waals surface area contributed by atoms with E-state index in [1.165, 1.54) is 0 Å². The lowest BCUT2D eigenvalue weighted by molar-refractivity contribution is -0.105. The van der Waals surface area contributed by atoms with Gasteiger partial charge in [0.25, 0.3) is 0 Å². The molecule has 100 valence electrons. The van der Waals surface area contributed by atoms with Crippen LogP contribution in [-0.4, -0.2) is 35.4 Å². The van der Waals surface area contributed by atoms with Crippen molar-refractivity contribution < 1.29 is 9.53 Å². The van der Waals surface area contributed by atoms with Gasteiger partial charge in [-0.15, -0.1) is 0 Å². The fourth-order valence-electron chi connectivity index (χ4n) is 2.74. The molecule has 1 atom stereocenters. The van der Waals surface area contributed by atoms with Gasteiger partial charge in [-0.2, -0.15) is 0 Å². The maximum Gasteiger partial charge on any atom is 0.150 e. The van der Waals surface area contributed by atoms with Gasteiger partial charge in [0.1, 0.15) is 11.4 Å². The van der Waals surface area contributed by atoms with Crippen molar-refractivity contribution in [1.82, 2.24) is 9.88 Å². The smallest absolute Gasteiger partial charge is 0.150 e. The van der Waals surface area contributed by atoms with Gasteiger partial charge >= 0.3 is 0 Å². The van der Waals surface area contributed by atoms with Crippen LogP contribution < -0.4 is 0 Å². The molecule has 1 aromatic rings. The third-order valence-corrected chi connectivity index (χ3v) is 3.84. The first-order valence-corrected chi connectivity index (χ1v) is 6.81. The number of fused-ring (bicyclic) bond motifs is 1. The molecule has 2 aliphatic heterocycles. The summed E-state index contributed by atoms with van der Waals surface area (Å²) in [6.45, 7) is 2.14. The van der Waals surface area contributed by atoms with E-state index in [0.29, 0.717) is 11.8 Å². The second kappa shape index (κ2) is 5.31. The topological polar surface area (TPSA) is 42.4 Å². The second-order valence-electron chi connectivity index (χ2n) is 4.88. The summed E-state index contributed by atoms with van der Waals surface area (Å²) in [6, 6.07) is 3.76. The number of nitrogens with zero attached hydrogens (tertiary/aromatic N) is 2. The zero-order chi connectivity index (χ0) is 13.2. The van der Waals surface area contributed by atoms with Crippen molar-refractivity contribution in [3.8, 4) is 0 Å². The molecular weight excluding hydrogens is 264 g/mol. The zero-order valence-corrected chi connectivity index (χ0v) is 11.3. The number of aromatic nitrogens is 1. The van der Waals surface area contributed by atoms with Crippen LogP contribution in [0.25, 0.3) is 0 Å². The Kier molecular flexibility index (Phi) is 3.53. The van der Waals surface area contributed by atoms with Crippen molar-refractivity contribution in [2.45, 2.75) is 25.5 Å². The van der Waals surface area contributed by atoms with E-state index in [0.717, 1.165) is 49.1 Å². The molecule has 0 N–H and O–H groups in total. The Morgan fingerprint density at radius 3 is 3.16 bits per heavy atom. The summed E-state index contributed by atoms with van der Waals surface area (Å²) in [5.74, 6) is 0. The molecule has 0 bridgehead atoms.